The van der Waals surface area contributed by atoms with Gasteiger partial charge in [0.2, 0.25) is 5.91 Å². The molecule has 2 N–H and O–H groups in total. The number of carbonyl (C=O) groups is 2. The molecule has 2 heterocycles. The van der Waals surface area contributed by atoms with Crippen molar-refractivity contribution < 1.29 is 9.59 Å². The molecule has 6 nitrogen and oxygen atoms in total. The van der Waals surface area contributed by atoms with E-state index < -0.39 is 0 Å². The average molecular weight is 457 g/mol. The molecule has 0 unspecified atom stereocenters. The fourth-order valence-corrected chi connectivity index (χ4v) is 4.41. The van der Waals surface area contributed by atoms with E-state index in [1.54, 1.807) is 11.0 Å². The zero-order valence-electron chi connectivity index (χ0n) is 20.0. The van der Waals surface area contributed by atoms with E-state index in [1.165, 1.54) is 5.56 Å². The van der Waals surface area contributed by atoms with Crippen LogP contribution in [-0.4, -0.2) is 40.5 Å². The summed E-state index contributed by atoms with van der Waals surface area (Å²) >= 11 is 0. The van der Waals surface area contributed by atoms with Gasteiger partial charge < -0.3 is 20.1 Å². The highest BCUT2D eigenvalue weighted by molar-refractivity contribution is 5.92. The summed E-state index contributed by atoms with van der Waals surface area (Å²) in [6.45, 7) is 7.46. The third-order valence-electron chi connectivity index (χ3n) is 6.33. The van der Waals surface area contributed by atoms with Gasteiger partial charge in [0.1, 0.15) is 0 Å². The average Bonchev–Trinajstić information content (AvgIpc) is 3.12. The molecule has 6 heteroatoms. The van der Waals surface area contributed by atoms with Crippen molar-refractivity contribution in [1.29, 1.82) is 0 Å². The lowest BCUT2D eigenvalue weighted by molar-refractivity contribution is -0.117. The van der Waals surface area contributed by atoms with Crippen LogP contribution in [0.25, 0.3) is 11.8 Å². The summed E-state index contributed by atoms with van der Waals surface area (Å²) in [6, 6.07) is 20.0. The molecular weight excluding hydrogens is 424 g/mol. The van der Waals surface area contributed by atoms with Crippen LogP contribution in [0.15, 0.2) is 66.7 Å². The first-order chi connectivity index (χ1) is 16.4. The van der Waals surface area contributed by atoms with Gasteiger partial charge in [-0.2, -0.15) is 0 Å². The van der Waals surface area contributed by atoms with Crippen LogP contribution in [-0.2, 0) is 4.79 Å². The van der Waals surface area contributed by atoms with Crippen LogP contribution in [0.4, 0.5) is 10.5 Å². The number of hydrogen-bond acceptors (Lipinski definition) is 2. The first kappa shape index (κ1) is 23.4. The second-order valence-electron chi connectivity index (χ2n) is 8.90. The van der Waals surface area contributed by atoms with E-state index in [2.05, 4.69) is 66.3 Å². The van der Waals surface area contributed by atoms with Gasteiger partial charge in [0.15, 0.2) is 0 Å². The van der Waals surface area contributed by atoms with Crippen LogP contribution in [0.3, 0.4) is 0 Å². The lowest BCUT2D eigenvalue weighted by Crippen LogP contribution is -2.47. The maximum absolute atomic E-state index is 12.6. The molecule has 2 aromatic carbocycles. The SMILES string of the molecule is Cc1ccc(-n2c(C)cc(/C=C/C(=O)NC3CCN(C(=O)Nc4ccccc4)CC3)c2C)cc1. The molecule has 176 valence electrons. The fraction of sp³-hybridized carbons (Fsp3) is 0.286. The van der Waals surface area contributed by atoms with Crippen LogP contribution in [0.1, 0.15) is 35.4 Å². The van der Waals surface area contributed by atoms with Gasteiger partial charge >= 0.3 is 6.03 Å². The minimum absolute atomic E-state index is 0.0675. The minimum Gasteiger partial charge on any atom is -0.350 e. The van der Waals surface area contributed by atoms with Crippen molar-refractivity contribution in [3.8, 4) is 5.69 Å². The monoisotopic (exact) mass is 456 g/mol. The molecule has 3 aromatic rings. The Morgan fingerprint density at radius 3 is 2.29 bits per heavy atom. The summed E-state index contributed by atoms with van der Waals surface area (Å²) < 4.78 is 2.20. The van der Waals surface area contributed by atoms with E-state index in [4.69, 9.17) is 0 Å². The number of urea groups is 1. The topological polar surface area (TPSA) is 66.4 Å². The summed E-state index contributed by atoms with van der Waals surface area (Å²) in [6.07, 6.45) is 4.97. The number of anilines is 1. The maximum Gasteiger partial charge on any atom is 0.321 e. The molecular formula is C28H32N4O2. The summed E-state index contributed by atoms with van der Waals surface area (Å²) in [5.74, 6) is -0.104. The second-order valence-corrected chi connectivity index (χ2v) is 8.90. The second kappa shape index (κ2) is 10.4. The molecule has 0 bridgehead atoms. The Hall–Kier alpha value is -3.80. The molecule has 0 atom stereocenters. The van der Waals surface area contributed by atoms with Crippen molar-refractivity contribution in [3.63, 3.8) is 0 Å². The standard InChI is InChI=1S/C28H32N4O2/c1-20-9-12-26(13-10-20)32-21(2)19-23(22(32)3)11-14-27(33)29-25-15-17-31(18-16-25)28(34)30-24-7-5-4-6-8-24/h4-14,19,25H,15-18H2,1-3H3,(H,29,33)(H,30,34)/b14-11+. The van der Waals surface area contributed by atoms with Crippen LogP contribution >= 0.6 is 0 Å². The van der Waals surface area contributed by atoms with Crippen molar-refractivity contribution in [2.24, 2.45) is 0 Å². The van der Waals surface area contributed by atoms with Crippen molar-refractivity contribution >= 4 is 23.7 Å². The highest BCUT2D eigenvalue weighted by atomic mass is 16.2. The number of likely N-dealkylation sites (tertiary alicyclic amines) is 1. The van der Waals surface area contributed by atoms with Gasteiger partial charge in [0.25, 0.3) is 0 Å². The molecule has 0 aliphatic carbocycles. The highest BCUT2D eigenvalue weighted by Crippen LogP contribution is 2.22. The molecule has 1 aliphatic heterocycles. The number of aromatic nitrogens is 1. The molecule has 34 heavy (non-hydrogen) atoms. The molecule has 1 aliphatic rings. The van der Waals surface area contributed by atoms with Crippen molar-refractivity contribution in [2.45, 2.75) is 39.7 Å². The number of benzene rings is 2. The minimum atomic E-state index is -0.104. The summed E-state index contributed by atoms with van der Waals surface area (Å²) in [7, 11) is 0. The molecule has 1 saturated heterocycles. The van der Waals surface area contributed by atoms with Crippen molar-refractivity contribution in [3.05, 3.63) is 89.3 Å². The number of carbonyl (C=O) groups excluding carboxylic acids is 2. The van der Waals surface area contributed by atoms with Gasteiger partial charge in [0, 0.05) is 48.0 Å². The van der Waals surface area contributed by atoms with E-state index >= 15 is 0 Å². The molecule has 0 saturated carbocycles. The number of amides is 3. The lowest BCUT2D eigenvalue weighted by atomic mass is 10.1. The fourth-order valence-electron chi connectivity index (χ4n) is 4.41. The molecule has 0 radical (unpaired) electrons. The number of hydrogen-bond donors (Lipinski definition) is 2. The zero-order chi connectivity index (χ0) is 24.1. The highest BCUT2D eigenvalue weighted by Gasteiger charge is 2.23. The number of rotatable bonds is 5. The predicted molar refractivity (Wildman–Crippen MR) is 137 cm³/mol. The van der Waals surface area contributed by atoms with E-state index in [0.717, 1.165) is 41.2 Å². The number of aryl methyl sites for hydroxylation is 2. The Kier molecular flexibility index (Phi) is 7.16. The molecule has 0 spiro atoms. The Labute approximate surface area is 201 Å². The number of nitrogens with zero attached hydrogens (tertiary/aromatic N) is 2. The van der Waals surface area contributed by atoms with E-state index in [0.29, 0.717) is 13.1 Å². The van der Waals surface area contributed by atoms with Gasteiger partial charge in [-0.3, -0.25) is 4.79 Å². The third-order valence-corrected chi connectivity index (χ3v) is 6.33. The first-order valence-corrected chi connectivity index (χ1v) is 11.8. The zero-order valence-corrected chi connectivity index (χ0v) is 20.0. The van der Waals surface area contributed by atoms with Gasteiger partial charge in [-0.05, 0) is 75.6 Å². The molecule has 4 rings (SSSR count). The molecule has 1 fully saturated rings. The quantitative estimate of drug-likeness (QED) is 0.517. The number of nitrogens with one attached hydrogen (secondary N) is 2. The van der Waals surface area contributed by atoms with E-state index in [-0.39, 0.29) is 18.0 Å². The smallest absolute Gasteiger partial charge is 0.321 e. The van der Waals surface area contributed by atoms with Gasteiger partial charge in [-0.25, -0.2) is 4.79 Å². The number of piperidine rings is 1. The van der Waals surface area contributed by atoms with Crippen molar-refractivity contribution in [2.75, 3.05) is 18.4 Å². The molecule has 3 amide bonds. The van der Waals surface area contributed by atoms with Crippen LogP contribution < -0.4 is 10.6 Å². The Bertz CT molecular complexity index is 1170. The number of para-hydroxylation sites is 1. The largest absolute Gasteiger partial charge is 0.350 e. The summed E-state index contributed by atoms with van der Waals surface area (Å²) in [5, 5.41) is 6.00. The van der Waals surface area contributed by atoms with Gasteiger partial charge in [-0.15, -0.1) is 0 Å². The van der Waals surface area contributed by atoms with Gasteiger partial charge in [-0.1, -0.05) is 35.9 Å². The van der Waals surface area contributed by atoms with Crippen LogP contribution in [0.2, 0.25) is 0 Å². The van der Waals surface area contributed by atoms with Crippen LogP contribution in [0.5, 0.6) is 0 Å². The Morgan fingerprint density at radius 2 is 1.62 bits per heavy atom. The van der Waals surface area contributed by atoms with E-state index in [9.17, 15) is 9.59 Å². The normalized spacial score (nSPS) is 14.4. The van der Waals surface area contributed by atoms with Crippen LogP contribution in [0, 0.1) is 20.8 Å². The maximum atomic E-state index is 12.6. The van der Waals surface area contributed by atoms with E-state index in [1.807, 2.05) is 36.4 Å². The molecule has 1 aromatic heterocycles. The third kappa shape index (κ3) is 5.57. The lowest BCUT2D eigenvalue weighted by Gasteiger charge is -2.32. The van der Waals surface area contributed by atoms with Gasteiger partial charge in [0.05, 0.1) is 0 Å². The first-order valence-electron chi connectivity index (χ1n) is 11.8. The summed E-state index contributed by atoms with van der Waals surface area (Å²) in [5.41, 5.74) is 6.39. The summed E-state index contributed by atoms with van der Waals surface area (Å²) in [4.78, 5) is 26.8. The Balaban J connectivity index is 1.30. The Morgan fingerprint density at radius 1 is 0.941 bits per heavy atom. The predicted octanol–water partition coefficient (Wildman–Crippen LogP) is 5.23. The van der Waals surface area contributed by atoms with Crippen molar-refractivity contribution in [1.82, 2.24) is 14.8 Å².